The zero-order chi connectivity index (χ0) is 17.6. The lowest BCUT2D eigenvalue weighted by Gasteiger charge is -1.98. The second-order valence-electron chi connectivity index (χ2n) is 3.78. The van der Waals surface area contributed by atoms with Crippen LogP contribution < -0.4 is 0 Å². The highest BCUT2D eigenvalue weighted by molar-refractivity contribution is 5.89. The molecular weight excluding hydrogens is 324 g/mol. The normalized spacial score (nSPS) is 9.61. The molecule has 10 heteroatoms. The van der Waals surface area contributed by atoms with E-state index in [0.717, 1.165) is 13.2 Å². The molecule has 2 aromatic rings. The van der Waals surface area contributed by atoms with E-state index >= 15 is 0 Å². The number of pyridine rings is 2. The fourth-order valence-electron chi connectivity index (χ4n) is 1.25. The van der Waals surface area contributed by atoms with Crippen LogP contribution in [0.1, 0.15) is 20.7 Å². The lowest BCUT2D eigenvalue weighted by atomic mass is 10.3. The number of carbonyl (C=O) groups excluding carboxylic acids is 1. The van der Waals surface area contributed by atoms with E-state index in [2.05, 4.69) is 14.7 Å². The Kier molecular flexibility index (Phi) is 6.13. The van der Waals surface area contributed by atoms with Crippen molar-refractivity contribution >= 4 is 11.9 Å². The summed E-state index contributed by atoms with van der Waals surface area (Å²) in [6.07, 6.45) is 1.30. The van der Waals surface area contributed by atoms with E-state index in [1.807, 2.05) is 0 Å². The van der Waals surface area contributed by atoms with Gasteiger partial charge in [-0.1, -0.05) is 0 Å². The molecule has 6 nitrogen and oxygen atoms in total. The van der Waals surface area contributed by atoms with Gasteiger partial charge in [0.05, 0.1) is 19.5 Å². The van der Waals surface area contributed by atoms with Crippen LogP contribution in [0.4, 0.5) is 17.6 Å². The number of methoxy groups -OCH3 is 1. The first-order valence-corrected chi connectivity index (χ1v) is 5.70. The zero-order valence-corrected chi connectivity index (χ0v) is 11.4. The average molecular weight is 332 g/mol. The number of carboxylic acid groups (broad SMARTS) is 1. The van der Waals surface area contributed by atoms with Gasteiger partial charge in [0.15, 0.2) is 0 Å². The molecule has 0 aliphatic rings. The smallest absolute Gasteiger partial charge is 0.342 e. The van der Waals surface area contributed by atoms with Crippen molar-refractivity contribution in [3.8, 4) is 0 Å². The molecule has 23 heavy (non-hydrogen) atoms. The van der Waals surface area contributed by atoms with E-state index in [1.165, 1.54) is 0 Å². The number of halogens is 4. The lowest BCUT2D eigenvalue weighted by Crippen LogP contribution is -2.06. The van der Waals surface area contributed by atoms with Crippen LogP contribution in [-0.2, 0) is 4.74 Å². The first-order chi connectivity index (χ1) is 10.8. The van der Waals surface area contributed by atoms with Gasteiger partial charge < -0.3 is 9.84 Å². The Labute approximate surface area is 126 Å². The minimum Gasteiger partial charge on any atom is -0.478 e. The summed E-state index contributed by atoms with van der Waals surface area (Å²) in [5.74, 6) is -6.35. The van der Waals surface area contributed by atoms with Gasteiger partial charge in [-0.25, -0.2) is 28.3 Å². The molecule has 0 radical (unpaired) electrons. The first-order valence-electron chi connectivity index (χ1n) is 5.70. The third-order valence-corrected chi connectivity index (χ3v) is 2.25. The van der Waals surface area contributed by atoms with Crippen LogP contribution in [0.2, 0.25) is 0 Å². The van der Waals surface area contributed by atoms with Crippen molar-refractivity contribution in [1.29, 1.82) is 0 Å². The Balaban J connectivity index is 0.000000231. The minimum absolute atomic E-state index is 0.502. The summed E-state index contributed by atoms with van der Waals surface area (Å²) in [4.78, 5) is 26.7. The molecule has 0 spiro atoms. The molecule has 0 saturated carbocycles. The monoisotopic (exact) mass is 332 g/mol. The van der Waals surface area contributed by atoms with Gasteiger partial charge in [0.2, 0.25) is 11.9 Å². The summed E-state index contributed by atoms with van der Waals surface area (Å²) in [6.45, 7) is 0. The summed E-state index contributed by atoms with van der Waals surface area (Å²) in [5.41, 5.74) is -1.26. The van der Waals surface area contributed by atoms with Gasteiger partial charge in [0.1, 0.15) is 22.8 Å². The Morgan fingerprint density at radius 3 is 1.78 bits per heavy atom. The summed E-state index contributed by atoms with van der Waals surface area (Å²) in [7, 11) is 1.08. The van der Waals surface area contributed by atoms with Crippen LogP contribution in [0.25, 0.3) is 0 Å². The van der Waals surface area contributed by atoms with E-state index < -0.39 is 46.6 Å². The molecule has 0 amide bonds. The van der Waals surface area contributed by atoms with Crippen molar-refractivity contribution in [3.05, 3.63) is 59.2 Å². The maximum Gasteiger partial charge on any atom is 0.342 e. The third-order valence-electron chi connectivity index (χ3n) is 2.25. The number of hydrogen-bond acceptors (Lipinski definition) is 5. The van der Waals surface area contributed by atoms with E-state index in [0.29, 0.717) is 18.5 Å². The molecule has 2 heterocycles. The lowest BCUT2D eigenvalue weighted by molar-refractivity contribution is 0.0592. The van der Waals surface area contributed by atoms with Crippen LogP contribution in [0.5, 0.6) is 0 Å². The number of carbonyl (C=O) groups is 2. The predicted octanol–water partition coefficient (Wildman–Crippen LogP) is 2.20. The van der Waals surface area contributed by atoms with Gasteiger partial charge in [0, 0.05) is 0 Å². The molecule has 2 aromatic heterocycles. The van der Waals surface area contributed by atoms with E-state index in [4.69, 9.17) is 5.11 Å². The van der Waals surface area contributed by atoms with Gasteiger partial charge in [0.25, 0.3) is 0 Å². The quantitative estimate of drug-likeness (QED) is 0.515. The highest BCUT2D eigenvalue weighted by Crippen LogP contribution is 2.07. The second-order valence-corrected chi connectivity index (χ2v) is 3.78. The molecule has 122 valence electrons. The van der Waals surface area contributed by atoms with Crippen molar-refractivity contribution in [2.24, 2.45) is 0 Å². The molecule has 0 saturated heterocycles. The Morgan fingerprint density at radius 1 is 0.957 bits per heavy atom. The minimum atomic E-state index is -1.53. The topological polar surface area (TPSA) is 89.4 Å². The molecule has 0 aliphatic carbocycles. The highest BCUT2D eigenvalue weighted by atomic mass is 19.1. The maximum atomic E-state index is 12.6. The summed E-state index contributed by atoms with van der Waals surface area (Å²) >= 11 is 0. The van der Waals surface area contributed by atoms with Crippen molar-refractivity contribution in [1.82, 2.24) is 9.97 Å². The largest absolute Gasteiger partial charge is 0.478 e. The molecule has 0 bridgehead atoms. The SMILES string of the molecule is COC(=O)c1cc(F)cnc1F.O=C(O)c1cc(F)cnc1F. The number of aromatic nitrogens is 2. The number of carboxylic acids is 1. The number of esters is 1. The number of ether oxygens (including phenoxy) is 1. The molecule has 0 aliphatic heterocycles. The van der Waals surface area contributed by atoms with Gasteiger partial charge in [-0.15, -0.1) is 0 Å². The van der Waals surface area contributed by atoms with Crippen molar-refractivity contribution in [2.45, 2.75) is 0 Å². The molecule has 1 N–H and O–H groups in total. The van der Waals surface area contributed by atoms with Crippen LogP contribution in [0.15, 0.2) is 24.5 Å². The van der Waals surface area contributed by atoms with Crippen LogP contribution in [-0.4, -0.2) is 34.1 Å². The first kappa shape index (κ1) is 18.0. The number of rotatable bonds is 2. The Hall–Kier alpha value is -3.04. The average Bonchev–Trinajstić information content (AvgIpc) is 2.51. The fourth-order valence-corrected chi connectivity index (χ4v) is 1.25. The summed E-state index contributed by atoms with van der Waals surface area (Å²) < 4.78 is 53.8. The molecule has 0 aromatic carbocycles. The maximum absolute atomic E-state index is 12.6. The number of nitrogens with zero attached hydrogens (tertiary/aromatic N) is 2. The van der Waals surface area contributed by atoms with Crippen LogP contribution in [0.3, 0.4) is 0 Å². The van der Waals surface area contributed by atoms with Gasteiger partial charge in [-0.05, 0) is 12.1 Å². The second kappa shape index (κ2) is 7.82. The zero-order valence-electron chi connectivity index (χ0n) is 11.4. The molecule has 0 fully saturated rings. The standard InChI is InChI=1S/C7H5F2NO2.C6H3F2NO2/c1-12-7(11)5-2-4(8)3-10-6(5)9;7-3-1-4(6(10)11)5(8)9-2-3/h2-3H,1H3;1-2H,(H,10,11). The fraction of sp³-hybridized carbons (Fsp3) is 0.0769. The molecular formula is C13H8F4N2O4. The van der Waals surface area contributed by atoms with Crippen LogP contribution >= 0.6 is 0 Å². The Morgan fingerprint density at radius 2 is 1.39 bits per heavy atom. The molecule has 0 atom stereocenters. The summed E-state index contributed by atoms with van der Waals surface area (Å²) in [5, 5.41) is 8.24. The van der Waals surface area contributed by atoms with Crippen molar-refractivity contribution in [2.75, 3.05) is 7.11 Å². The third kappa shape index (κ3) is 5.02. The van der Waals surface area contributed by atoms with Gasteiger partial charge >= 0.3 is 11.9 Å². The van der Waals surface area contributed by atoms with Gasteiger partial charge in [-0.2, -0.15) is 8.78 Å². The van der Waals surface area contributed by atoms with Crippen LogP contribution in [0, 0.1) is 23.5 Å². The summed E-state index contributed by atoms with van der Waals surface area (Å²) in [6, 6.07) is 1.30. The highest BCUT2D eigenvalue weighted by Gasteiger charge is 2.13. The molecule has 2 rings (SSSR count). The Bertz CT molecular complexity index is 740. The number of hydrogen-bond donors (Lipinski definition) is 1. The molecule has 0 unspecified atom stereocenters. The van der Waals surface area contributed by atoms with E-state index in [-0.39, 0.29) is 0 Å². The van der Waals surface area contributed by atoms with Crippen molar-refractivity contribution < 1.29 is 37.0 Å². The van der Waals surface area contributed by atoms with Crippen molar-refractivity contribution in [3.63, 3.8) is 0 Å². The van der Waals surface area contributed by atoms with E-state index in [1.54, 1.807) is 0 Å². The van der Waals surface area contributed by atoms with E-state index in [9.17, 15) is 27.2 Å². The van der Waals surface area contributed by atoms with Gasteiger partial charge in [-0.3, -0.25) is 0 Å². The predicted molar refractivity (Wildman–Crippen MR) is 66.6 cm³/mol. The number of aromatic carboxylic acids is 1.